The third kappa shape index (κ3) is 9.24. The minimum atomic E-state index is 0.858. The van der Waals surface area contributed by atoms with Crippen LogP contribution in [-0.2, 0) is 0 Å². The summed E-state index contributed by atoms with van der Waals surface area (Å²) in [4.78, 5) is 0. The van der Waals surface area contributed by atoms with Gasteiger partial charge in [-0.25, -0.2) is 0 Å². The van der Waals surface area contributed by atoms with Crippen LogP contribution in [0.5, 0.6) is 0 Å². The largest absolute Gasteiger partial charge is 0.0628 e. The molecule has 2 atom stereocenters. The van der Waals surface area contributed by atoms with Gasteiger partial charge in [-0.05, 0) is 23.7 Å². The first-order chi connectivity index (χ1) is 7.43. The van der Waals surface area contributed by atoms with Crippen molar-refractivity contribution < 1.29 is 0 Å². The van der Waals surface area contributed by atoms with Crippen LogP contribution in [0, 0.1) is 23.7 Å². The second-order valence-electron chi connectivity index (χ2n) is 6.58. The summed E-state index contributed by atoms with van der Waals surface area (Å²) in [6, 6.07) is 0. The molecule has 0 aromatic heterocycles. The van der Waals surface area contributed by atoms with E-state index in [4.69, 9.17) is 0 Å². The third-order valence-corrected chi connectivity index (χ3v) is 3.97. The van der Waals surface area contributed by atoms with Gasteiger partial charge in [0.25, 0.3) is 0 Å². The van der Waals surface area contributed by atoms with E-state index in [-0.39, 0.29) is 0 Å². The minimum Gasteiger partial charge on any atom is -0.0628 e. The van der Waals surface area contributed by atoms with E-state index in [9.17, 15) is 0 Å². The van der Waals surface area contributed by atoms with E-state index in [1.165, 1.54) is 38.5 Å². The van der Waals surface area contributed by atoms with Crippen molar-refractivity contribution in [3.63, 3.8) is 0 Å². The Hall–Kier alpha value is 0. The molecular weight excluding hydrogens is 192 g/mol. The van der Waals surface area contributed by atoms with Crippen LogP contribution in [-0.4, -0.2) is 0 Å². The normalized spacial score (nSPS) is 15.8. The minimum absolute atomic E-state index is 0.858. The van der Waals surface area contributed by atoms with Gasteiger partial charge in [-0.3, -0.25) is 0 Å². The van der Waals surface area contributed by atoms with Crippen LogP contribution in [0.3, 0.4) is 0 Å². The van der Waals surface area contributed by atoms with Crippen molar-refractivity contribution in [2.24, 2.45) is 23.7 Å². The molecule has 0 radical (unpaired) electrons. The monoisotopic (exact) mass is 226 g/mol. The van der Waals surface area contributed by atoms with Crippen molar-refractivity contribution in [2.45, 2.75) is 80.1 Å². The summed E-state index contributed by atoms with van der Waals surface area (Å²) in [5.41, 5.74) is 0. The Kier molecular flexibility index (Phi) is 9.07. The van der Waals surface area contributed by atoms with Gasteiger partial charge in [0.2, 0.25) is 0 Å². The predicted octanol–water partition coefficient (Wildman–Crippen LogP) is 5.91. The average Bonchev–Trinajstić information content (AvgIpc) is 2.16. The lowest BCUT2D eigenvalue weighted by atomic mass is 9.89. The first-order valence-corrected chi connectivity index (χ1v) is 7.43. The molecule has 0 N–H and O–H groups in total. The summed E-state index contributed by atoms with van der Waals surface area (Å²) in [5.74, 6) is 3.59. The highest BCUT2D eigenvalue weighted by atomic mass is 14.1. The van der Waals surface area contributed by atoms with E-state index in [1.807, 2.05) is 0 Å². The highest BCUT2D eigenvalue weighted by Crippen LogP contribution is 2.21. The van der Waals surface area contributed by atoms with E-state index in [0.29, 0.717) is 0 Å². The van der Waals surface area contributed by atoms with Gasteiger partial charge < -0.3 is 0 Å². The Morgan fingerprint density at radius 2 is 1.12 bits per heavy atom. The number of rotatable bonds is 9. The van der Waals surface area contributed by atoms with E-state index in [1.54, 1.807) is 0 Å². The van der Waals surface area contributed by atoms with Gasteiger partial charge in [-0.15, -0.1) is 0 Å². The Balaban J connectivity index is 3.40. The molecule has 0 amide bonds. The maximum absolute atomic E-state index is 2.43. The van der Waals surface area contributed by atoms with E-state index >= 15 is 0 Å². The summed E-state index contributed by atoms with van der Waals surface area (Å²) < 4.78 is 0. The highest BCUT2D eigenvalue weighted by molar-refractivity contribution is 4.60. The highest BCUT2D eigenvalue weighted by Gasteiger charge is 2.08. The fourth-order valence-corrected chi connectivity index (χ4v) is 2.14. The lowest BCUT2D eigenvalue weighted by Crippen LogP contribution is -2.05. The standard InChI is InChI=1S/C16H34/c1-13(2)9-7-10-15(5)11-8-12-16(6)14(3)4/h13-16H,7-12H2,1-6H3. The Morgan fingerprint density at radius 1 is 0.625 bits per heavy atom. The third-order valence-electron chi connectivity index (χ3n) is 3.97. The molecule has 0 bridgehead atoms. The Bertz CT molecular complexity index is 146. The van der Waals surface area contributed by atoms with Crippen LogP contribution < -0.4 is 0 Å². The second kappa shape index (κ2) is 9.07. The van der Waals surface area contributed by atoms with Crippen molar-refractivity contribution in [2.75, 3.05) is 0 Å². The van der Waals surface area contributed by atoms with Gasteiger partial charge in [0.15, 0.2) is 0 Å². The molecule has 0 aromatic rings. The van der Waals surface area contributed by atoms with E-state index in [2.05, 4.69) is 41.5 Å². The molecule has 0 aliphatic rings. The molecule has 98 valence electrons. The van der Waals surface area contributed by atoms with E-state index < -0.39 is 0 Å². The molecule has 0 heterocycles. The zero-order valence-electron chi connectivity index (χ0n) is 12.6. The predicted molar refractivity (Wildman–Crippen MR) is 75.7 cm³/mol. The van der Waals surface area contributed by atoms with Crippen molar-refractivity contribution in [1.29, 1.82) is 0 Å². The molecule has 0 aliphatic heterocycles. The summed E-state index contributed by atoms with van der Waals surface area (Å²) in [5, 5.41) is 0. The van der Waals surface area contributed by atoms with Gasteiger partial charge in [0, 0.05) is 0 Å². The molecule has 0 spiro atoms. The Morgan fingerprint density at radius 3 is 1.56 bits per heavy atom. The summed E-state index contributed by atoms with van der Waals surface area (Å²) in [6.45, 7) is 14.2. The summed E-state index contributed by atoms with van der Waals surface area (Å²) in [7, 11) is 0. The van der Waals surface area contributed by atoms with Crippen LogP contribution >= 0.6 is 0 Å². The Labute approximate surface area is 104 Å². The van der Waals surface area contributed by atoms with Gasteiger partial charge in [-0.1, -0.05) is 80.1 Å². The molecule has 0 saturated carbocycles. The summed E-state index contributed by atoms with van der Waals surface area (Å²) >= 11 is 0. The van der Waals surface area contributed by atoms with Crippen LogP contribution in [0.1, 0.15) is 80.1 Å². The SMILES string of the molecule is CC(C)CCCC(C)CCCC(C)C(C)C. The fourth-order valence-electron chi connectivity index (χ4n) is 2.14. The lowest BCUT2D eigenvalue weighted by Gasteiger charge is -2.17. The first-order valence-electron chi connectivity index (χ1n) is 7.43. The second-order valence-corrected chi connectivity index (χ2v) is 6.58. The number of hydrogen-bond acceptors (Lipinski definition) is 0. The van der Waals surface area contributed by atoms with Crippen LogP contribution in [0.15, 0.2) is 0 Å². The molecule has 16 heavy (non-hydrogen) atoms. The van der Waals surface area contributed by atoms with Gasteiger partial charge in [0.05, 0.1) is 0 Å². The molecule has 0 saturated heterocycles. The first kappa shape index (κ1) is 16.0. The van der Waals surface area contributed by atoms with Crippen LogP contribution in [0.25, 0.3) is 0 Å². The molecule has 2 unspecified atom stereocenters. The molecule has 0 heteroatoms. The van der Waals surface area contributed by atoms with Crippen molar-refractivity contribution >= 4 is 0 Å². The van der Waals surface area contributed by atoms with E-state index in [0.717, 1.165) is 23.7 Å². The lowest BCUT2D eigenvalue weighted by molar-refractivity contribution is 0.351. The quantitative estimate of drug-likeness (QED) is 0.458. The maximum atomic E-state index is 2.43. The van der Waals surface area contributed by atoms with Crippen LogP contribution in [0.4, 0.5) is 0 Å². The van der Waals surface area contributed by atoms with Gasteiger partial charge >= 0.3 is 0 Å². The molecule has 0 fully saturated rings. The molecule has 0 aromatic carbocycles. The molecule has 0 aliphatic carbocycles. The molecule has 0 rings (SSSR count). The number of hydrogen-bond donors (Lipinski definition) is 0. The zero-order chi connectivity index (χ0) is 12.6. The summed E-state index contributed by atoms with van der Waals surface area (Å²) in [6.07, 6.45) is 8.57. The van der Waals surface area contributed by atoms with Crippen molar-refractivity contribution in [3.8, 4) is 0 Å². The van der Waals surface area contributed by atoms with Gasteiger partial charge in [-0.2, -0.15) is 0 Å². The fraction of sp³-hybridized carbons (Fsp3) is 1.00. The average molecular weight is 226 g/mol. The molecule has 0 nitrogen and oxygen atoms in total. The maximum Gasteiger partial charge on any atom is -0.0420 e. The van der Waals surface area contributed by atoms with Crippen molar-refractivity contribution in [1.82, 2.24) is 0 Å². The van der Waals surface area contributed by atoms with Crippen molar-refractivity contribution in [3.05, 3.63) is 0 Å². The van der Waals surface area contributed by atoms with Crippen LogP contribution in [0.2, 0.25) is 0 Å². The van der Waals surface area contributed by atoms with Gasteiger partial charge in [0.1, 0.15) is 0 Å². The smallest absolute Gasteiger partial charge is 0.0420 e. The topological polar surface area (TPSA) is 0 Å². The molecular formula is C16H34. The zero-order valence-corrected chi connectivity index (χ0v) is 12.6.